The average molecular weight is 349 g/mol. The first-order valence-corrected chi connectivity index (χ1v) is 10.8. The summed E-state index contributed by atoms with van der Waals surface area (Å²) in [4.78, 5) is 14.4. The third-order valence-electron chi connectivity index (χ3n) is 5.47. The van der Waals surface area contributed by atoms with Gasteiger partial charge in [0.1, 0.15) is 0 Å². The molecule has 1 aromatic carbocycles. The Hall–Kier alpha value is -1.36. The van der Waals surface area contributed by atoms with Gasteiger partial charge in [-0.05, 0) is 50.5 Å². The maximum absolute atomic E-state index is 12.5. The highest BCUT2D eigenvalue weighted by atomic mass is 32.2. The Morgan fingerprint density at radius 3 is 2.38 bits per heavy atom. The van der Waals surface area contributed by atoms with Gasteiger partial charge in [0.05, 0.1) is 17.4 Å². The first-order valence-electron chi connectivity index (χ1n) is 8.98. The second kappa shape index (κ2) is 7.26. The number of hydrogen-bond acceptors (Lipinski definition) is 3. The van der Waals surface area contributed by atoms with Gasteiger partial charge in [0.25, 0.3) is 0 Å². The van der Waals surface area contributed by atoms with Gasteiger partial charge in [-0.3, -0.25) is 4.79 Å². The standard InChI is InChI=1S/C19H27NO3S/c1-15-2-4-16(5-3-15)6-7-17-8-11-20(12-9-17)19(21)18-10-13-24(22,23)14-18/h2-5,17-18H,6-14H2,1H3/t18-/m1/s1. The van der Waals surface area contributed by atoms with E-state index in [0.29, 0.717) is 12.3 Å². The van der Waals surface area contributed by atoms with Gasteiger partial charge in [0.2, 0.25) is 5.91 Å². The summed E-state index contributed by atoms with van der Waals surface area (Å²) in [6.45, 7) is 3.67. The lowest BCUT2D eigenvalue weighted by molar-refractivity contribution is -0.136. The van der Waals surface area contributed by atoms with Crippen LogP contribution < -0.4 is 0 Å². The molecule has 2 fully saturated rings. The molecule has 0 aromatic heterocycles. The molecule has 1 atom stereocenters. The number of amides is 1. The van der Waals surface area contributed by atoms with Crippen LogP contribution in [0.2, 0.25) is 0 Å². The van der Waals surface area contributed by atoms with E-state index in [1.165, 1.54) is 17.5 Å². The zero-order valence-electron chi connectivity index (χ0n) is 14.4. The van der Waals surface area contributed by atoms with E-state index in [0.717, 1.165) is 32.4 Å². The van der Waals surface area contributed by atoms with Crippen LogP contribution in [0, 0.1) is 18.8 Å². The highest BCUT2D eigenvalue weighted by molar-refractivity contribution is 7.91. The molecular weight excluding hydrogens is 322 g/mol. The highest BCUT2D eigenvalue weighted by Crippen LogP contribution is 2.26. The summed E-state index contributed by atoms with van der Waals surface area (Å²) < 4.78 is 23.1. The van der Waals surface area contributed by atoms with E-state index in [4.69, 9.17) is 0 Å². The summed E-state index contributed by atoms with van der Waals surface area (Å²) in [5.74, 6) is 0.671. The number of carbonyl (C=O) groups excluding carboxylic acids is 1. The van der Waals surface area contributed by atoms with Crippen molar-refractivity contribution in [1.29, 1.82) is 0 Å². The van der Waals surface area contributed by atoms with Gasteiger partial charge >= 0.3 is 0 Å². The van der Waals surface area contributed by atoms with E-state index < -0.39 is 9.84 Å². The summed E-state index contributed by atoms with van der Waals surface area (Å²) in [5.41, 5.74) is 2.68. The first-order chi connectivity index (χ1) is 11.4. The van der Waals surface area contributed by atoms with Crippen LogP contribution in [0.25, 0.3) is 0 Å². The van der Waals surface area contributed by atoms with Gasteiger partial charge in [0, 0.05) is 13.1 Å². The zero-order valence-corrected chi connectivity index (χ0v) is 15.2. The normalized spacial score (nSPS) is 24.2. The number of carbonyl (C=O) groups is 1. The fourth-order valence-electron chi connectivity index (χ4n) is 3.82. The van der Waals surface area contributed by atoms with Crippen molar-refractivity contribution in [3.63, 3.8) is 0 Å². The Kier molecular flexibility index (Phi) is 5.28. The van der Waals surface area contributed by atoms with Crippen LogP contribution in [-0.2, 0) is 21.1 Å². The van der Waals surface area contributed by atoms with E-state index in [1.54, 1.807) is 0 Å². The van der Waals surface area contributed by atoms with Crippen molar-refractivity contribution >= 4 is 15.7 Å². The SMILES string of the molecule is Cc1ccc(CCC2CCN(C(=O)[C@@H]3CCS(=O)(=O)C3)CC2)cc1. The molecule has 4 nitrogen and oxygen atoms in total. The van der Waals surface area contributed by atoms with E-state index in [9.17, 15) is 13.2 Å². The van der Waals surface area contributed by atoms with Crippen LogP contribution in [0.3, 0.4) is 0 Å². The average Bonchev–Trinajstić information content (AvgIpc) is 2.94. The third-order valence-corrected chi connectivity index (χ3v) is 7.24. The van der Waals surface area contributed by atoms with E-state index in [-0.39, 0.29) is 23.3 Å². The molecule has 0 N–H and O–H groups in total. The topological polar surface area (TPSA) is 54.5 Å². The van der Waals surface area contributed by atoms with Crippen molar-refractivity contribution in [3.8, 4) is 0 Å². The van der Waals surface area contributed by atoms with Crippen LogP contribution in [0.4, 0.5) is 0 Å². The molecule has 2 saturated heterocycles. The largest absolute Gasteiger partial charge is 0.342 e. The minimum Gasteiger partial charge on any atom is -0.342 e. The van der Waals surface area contributed by atoms with Crippen molar-refractivity contribution in [2.75, 3.05) is 24.6 Å². The molecule has 5 heteroatoms. The summed E-state index contributed by atoms with van der Waals surface area (Å²) >= 11 is 0. The Labute approximate surface area is 145 Å². The molecule has 2 aliphatic heterocycles. The molecule has 3 rings (SSSR count). The number of nitrogens with zero attached hydrogens (tertiary/aromatic N) is 1. The Morgan fingerprint density at radius 2 is 1.79 bits per heavy atom. The summed E-state index contributed by atoms with van der Waals surface area (Å²) in [6, 6.07) is 8.72. The Bertz CT molecular complexity index is 673. The van der Waals surface area contributed by atoms with Crippen LogP contribution in [-0.4, -0.2) is 43.8 Å². The zero-order chi connectivity index (χ0) is 17.2. The molecule has 0 bridgehead atoms. The fourth-order valence-corrected chi connectivity index (χ4v) is 5.55. The maximum Gasteiger partial charge on any atom is 0.226 e. The number of piperidine rings is 1. The van der Waals surface area contributed by atoms with Gasteiger partial charge in [0.15, 0.2) is 9.84 Å². The van der Waals surface area contributed by atoms with Gasteiger partial charge in [-0.1, -0.05) is 29.8 Å². The van der Waals surface area contributed by atoms with E-state index in [1.807, 2.05) is 4.90 Å². The second-order valence-electron chi connectivity index (χ2n) is 7.39. The molecule has 0 spiro atoms. The molecule has 132 valence electrons. The Morgan fingerprint density at radius 1 is 1.12 bits per heavy atom. The van der Waals surface area contributed by atoms with Gasteiger partial charge < -0.3 is 4.90 Å². The lowest BCUT2D eigenvalue weighted by Crippen LogP contribution is -2.42. The highest BCUT2D eigenvalue weighted by Gasteiger charge is 2.36. The van der Waals surface area contributed by atoms with Crippen LogP contribution >= 0.6 is 0 Å². The van der Waals surface area contributed by atoms with Crippen molar-refractivity contribution in [3.05, 3.63) is 35.4 Å². The van der Waals surface area contributed by atoms with Crippen molar-refractivity contribution in [2.24, 2.45) is 11.8 Å². The van der Waals surface area contributed by atoms with E-state index >= 15 is 0 Å². The molecule has 0 unspecified atom stereocenters. The number of sulfone groups is 1. The summed E-state index contributed by atoms with van der Waals surface area (Å²) in [5, 5.41) is 0. The van der Waals surface area contributed by atoms with Crippen molar-refractivity contribution < 1.29 is 13.2 Å². The Balaban J connectivity index is 1.44. The summed E-state index contributed by atoms with van der Waals surface area (Å²) in [6.07, 6.45) is 4.85. The molecule has 1 amide bonds. The first kappa shape index (κ1) is 17.5. The molecule has 0 aliphatic carbocycles. The van der Waals surface area contributed by atoms with Crippen LogP contribution in [0.15, 0.2) is 24.3 Å². The van der Waals surface area contributed by atoms with E-state index in [2.05, 4.69) is 31.2 Å². The second-order valence-corrected chi connectivity index (χ2v) is 9.62. The number of benzene rings is 1. The minimum absolute atomic E-state index is 0.0547. The molecule has 1 aromatic rings. The van der Waals surface area contributed by atoms with Crippen LogP contribution in [0.1, 0.15) is 36.8 Å². The molecular formula is C19H27NO3S. The molecule has 2 heterocycles. The van der Waals surface area contributed by atoms with Gasteiger partial charge in [-0.2, -0.15) is 0 Å². The van der Waals surface area contributed by atoms with Gasteiger partial charge in [-0.25, -0.2) is 8.42 Å². The van der Waals surface area contributed by atoms with Crippen LogP contribution in [0.5, 0.6) is 0 Å². The monoisotopic (exact) mass is 349 g/mol. The molecule has 24 heavy (non-hydrogen) atoms. The predicted molar refractivity (Wildman–Crippen MR) is 95.6 cm³/mol. The van der Waals surface area contributed by atoms with Crippen molar-refractivity contribution in [2.45, 2.75) is 39.0 Å². The smallest absolute Gasteiger partial charge is 0.226 e. The molecule has 0 radical (unpaired) electrons. The number of aryl methyl sites for hydroxylation is 2. The van der Waals surface area contributed by atoms with Crippen molar-refractivity contribution in [1.82, 2.24) is 4.90 Å². The fraction of sp³-hybridized carbons (Fsp3) is 0.632. The minimum atomic E-state index is -2.98. The van der Waals surface area contributed by atoms with Gasteiger partial charge in [-0.15, -0.1) is 0 Å². The summed E-state index contributed by atoms with van der Waals surface area (Å²) in [7, 11) is -2.98. The number of likely N-dealkylation sites (tertiary alicyclic amines) is 1. The number of rotatable bonds is 4. The molecule has 0 saturated carbocycles. The quantitative estimate of drug-likeness (QED) is 0.839. The maximum atomic E-state index is 12.5. The third kappa shape index (κ3) is 4.38. The number of hydrogen-bond donors (Lipinski definition) is 0. The lowest BCUT2D eigenvalue weighted by atomic mass is 9.90. The lowest BCUT2D eigenvalue weighted by Gasteiger charge is -2.33. The molecule has 2 aliphatic rings. The predicted octanol–water partition coefficient (Wildman–Crippen LogP) is 2.60.